The van der Waals surface area contributed by atoms with E-state index >= 15 is 0 Å². The van der Waals surface area contributed by atoms with Crippen LogP contribution in [0.5, 0.6) is 0 Å². The lowest BCUT2D eigenvalue weighted by Crippen LogP contribution is -2.29. The van der Waals surface area contributed by atoms with Crippen LogP contribution in [0.4, 0.5) is 10.1 Å². The van der Waals surface area contributed by atoms with Crippen LogP contribution in [0.3, 0.4) is 0 Å². The second-order valence-corrected chi connectivity index (χ2v) is 5.52. The van der Waals surface area contributed by atoms with Crippen LogP contribution >= 0.6 is 0 Å². The molecule has 2 N–H and O–H groups in total. The fourth-order valence-electron chi connectivity index (χ4n) is 1.92. The first-order chi connectivity index (χ1) is 9.97. The van der Waals surface area contributed by atoms with Crippen LogP contribution in [0, 0.1) is 11.7 Å². The quantitative estimate of drug-likeness (QED) is 0.835. The molecule has 1 saturated carbocycles. The highest BCUT2D eigenvalue weighted by Gasteiger charge is 2.20. The number of hydrogen-bond donors (Lipinski definition) is 2. The normalized spacial score (nSPS) is 13.9. The average molecular weight is 293 g/mol. The maximum absolute atomic E-state index is 13.6. The van der Waals surface area contributed by atoms with Crippen molar-refractivity contribution in [3.05, 3.63) is 29.6 Å². The maximum Gasteiger partial charge on any atom is 0.256 e. The molecule has 0 aromatic heterocycles. The van der Waals surface area contributed by atoms with Gasteiger partial charge in [-0.05, 0) is 43.5 Å². The summed E-state index contributed by atoms with van der Waals surface area (Å²) in [7, 11) is 3.10. The Hall–Kier alpha value is -1.95. The summed E-state index contributed by atoms with van der Waals surface area (Å²) in [5, 5.41) is 5.73. The van der Waals surface area contributed by atoms with Crippen molar-refractivity contribution in [3.63, 3.8) is 0 Å². The van der Waals surface area contributed by atoms with Crippen molar-refractivity contribution >= 4 is 17.5 Å². The van der Waals surface area contributed by atoms with Gasteiger partial charge in [0.05, 0.1) is 12.1 Å². The highest BCUT2D eigenvalue weighted by atomic mass is 19.1. The van der Waals surface area contributed by atoms with Gasteiger partial charge >= 0.3 is 0 Å². The SMILES string of the molecule is CN(C)C(=O)c1cc(NC(=O)CNCC2CC2)ccc1F. The zero-order chi connectivity index (χ0) is 15.4. The van der Waals surface area contributed by atoms with E-state index < -0.39 is 11.7 Å². The van der Waals surface area contributed by atoms with E-state index in [1.807, 2.05) is 0 Å². The summed E-state index contributed by atoms with van der Waals surface area (Å²) in [6.45, 7) is 1.06. The Bertz CT molecular complexity index is 542. The number of halogens is 1. The molecule has 114 valence electrons. The summed E-state index contributed by atoms with van der Waals surface area (Å²) in [6.07, 6.45) is 2.45. The van der Waals surface area contributed by atoms with Gasteiger partial charge in [0.1, 0.15) is 5.82 Å². The minimum absolute atomic E-state index is 0.0521. The summed E-state index contributed by atoms with van der Waals surface area (Å²) >= 11 is 0. The number of hydrogen-bond acceptors (Lipinski definition) is 3. The van der Waals surface area contributed by atoms with Gasteiger partial charge in [-0.25, -0.2) is 4.39 Å². The Morgan fingerprint density at radius 1 is 1.33 bits per heavy atom. The number of carbonyl (C=O) groups is 2. The lowest BCUT2D eigenvalue weighted by Gasteiger charge is -2.12. The Balaban J connectivity index is 1.94. The zero-order valence-corrected chi connectivity index (χ0v) is 12.3. The Morgan fingerprint density at radius 3 is 2.67 bits per heavy atom. The van der Waals surface area contributed by atoms with Gasteiger partial charge in [-0.1, -0.05) is 0 Å². The molecule has 0 spiro atoms. The largest absolute Gasteiger partial charge is 0.345 e. The van der Waals surface area contributed by atoms with E-state index in [0.29, 0.717) is 11.6 Å². The van der Waals surface area contributed by atoms with Gasteiger partial charge in [0.2, 0.25) is 5.91 Å². The first-order valence-corrected chi connectivity index (χ1v) is 6.99. The van der Waals surface area contributed by atoms with Gasteiger partial charge in [0.15, 0.2) is 0 Å². The maximum atomic E-state index is 13.6. The third-order valence-electron chi connectivity index (χ3n) is 3.30. The number of nitrogens with one attached hydrogen (secondary N) is 2. The molecule has 0 heterocycles. The molecule has 1 aliphatic carbocycles. The van der Waals surface area contributed by atoms with E-state index in [9.17, 15) is 14.0 Å². The van der Waals surface area contributed by atoms with Crippen molar-refractivity contribution in [2.24, 2.45) is 5.92 Å². The second kappa shape index (κ2) is 6.67. The summed E-state index contributed by atoms with van der Waals surface area (Å²) in [5.74, 6) is -0.535. The molecule has 0 radical (unpaired) electrons. The number of rotatable bonds is 6. The van der Waals surface area contributed by atoms with Gasteiger partial charge in [0, 0.05) is 19.8 Å². The molecule has 0 unspecified atom stereocenters. The van der Waals surface area contributed by atoms with Crippen LogP contribution in [-0.4, -0.2) is 43.9 Å². The van der Waals surface area contributed by atoms with Crippen LogP contribution in [0.2, 0.25) is 0 Å². The van der Waals surface area contributed by atoms with E-state index in [1.165, 1.54) is 35.9 Å². The summed E-state index contributed by atoms with van der Waals surface area (Å²) in [6, 6.07) is 3.99. The topological polar surface area (TPSA) is 61.4 Å². The van der Waals surface area contributed by atoms with Crippen LogP contribution < -0.4 is 10.6 Å². The Labute approximate surface area is 123 Å². The zero-order valence-electron chi connectivity index (χ0n) is 12.3. The average Bonchev–Trinajstić information content (AvgIpc) is 3.24. The molecule has 2 amide bonds. The molecule has 0 bridgehead atoms. The second-order valence-electron chi connectivity index (χ2n) is 5.52. The van der Waals surface area contributed by atoms with E-state index in [2.05, 4.69) is 10.6 Å². The fourth-order valence-corrected chi connectivity index (χ4v) is 1.92. The highest BCUT2D eigenvalue weighted by Crippen LogP contribution is 2.27. The molecule has 6 heteroatoms. The number of benzene rings is 1. The molecular weight excluding hydrogens is 273 g/mol. The van der Waals surface area contributed by atoms with Crippen LogP contribution in [0.15, 0.2) is 18.2 Å². The van der Waals surface area contributed by atoms with Gasteiger partial charge in [0.25, 0.3) is 5.91 Å². The predicted octanol–water partition coefficient (Wildman–Crippen LogP) is 1.47. The molecule has 0 atom stereocenters. The Kier molecular flexibility index (Phi) is 4.90. The van der Waals surface area contributed by atoms with Crippen molar-refractivity contribution in [2.45, 2.75) is 12.8 Å². The molecule has 1 aromatic rings. The number of anilines is 1. The van der Waals surface area contributed by atoms with E-state index in [4.69, 9.17) is 0 Å². The Morgan fingerprint density at radius 2 is 2.05 bits per heavy atom. The van der Waals surface area contributed by atoms with Crippen molar-refractivity contribution in [1.29, 1.82) is 0 Å². The van der Waals surface area contributed by atoms with Crippen LogP contribution in [0.1, 0.15) is 23.2 Å². The summed E-state index contributed by atoms with van der Waals surface area (Å²) < 4.78 is 13.6. The van der Waals surface area contributed by atoms with Crippen LogP contribution in [0.25, 0.3) is 0 Å². The van der Waals surface area contributed by atoms with E-state index in [1.54, 1.807) is 14.1 Å². The fraction of sp³-hybridized carbons (Fsp3) is 0.467. The molecule has 21 heavy (non-hydrogen) atoms. The third kappa shape index (κ3) is 4.53. The minimum Gasteiger partial charge on any atom is -0.345 e. The molecule has 1 fully saturated rings. The van der Waals surface area contributed by atoms with E-state index in [-0.39, 0.29) is 18.0 Å². The minimum atomic E-state index is -0.599. The van der Waals surface area contributed by atoms with Crippen LogP contribution in [-0.2, 0) is 4.79 Å². The standard InChI is InChI=1S/C15H20FN3O2/c1-19(2)15(21)12-7-11(5-6-13(12)16)18-14(20)9-17-8-10-3-4-10/h5-7,10,17H,3-4,8-9H2,1-2H3,(H,18,20). The van der Waals surface area contributed by atoms with Crippen molar-refractivity contribution in [3.8, 4) is 0 Å². The third-order valence-corrected chi connectivity index (χ3v) is 3.30. The van der Waals surface area contributed by atoms with E-state index in [0.717, 1.165) is 6.54 Å². The lowest BCUT2D eigenvalue weighted by atomic mass is 10.1. The van der Waals surface area contributed by atoms with Crippen molar-refractivity contribution < 1.29 is 14.0 Å². The smallest absolute Gasteiger partial charge is 0.256 e. The first kappa shape index (κ1) is 15.4. The molecule has 0 saturated heterocycles. The summed E-state index contributed by atoms with van der Waals surface area (Å²) in [5.41, 5.74) is 0.364. The monoisotopic (exact) mass is 293 g/mol. The van der Waals surface area contributed by atoms with Gasteiger partial charge in [-0.15, -0.1) is 0 Å². The predicted molar refractivity (Wildman–Crippen MR) is 78.6 cm³/mol. The molecule has 2 rings (SSSR count). The number of carbonyl (C=O) groups excluding carboxylic acids is 2. The molecule has 1 aliphatic rings. The molecule has 0 aliphatic heterocycles. The highest BCUT2D eigenvalue weighted by molar-refractivity contribution is 5.97. The molecular formula is C15H20FN3O2. The van der Waals surface area contributed by atoms with Gasteiger partial charge in [-0.3, -0.25) is 9.59 Å². The summed E-state index contributed by atoms with van der Waals surface area (Å²) in [4.78, 5) is 24.9. The van der Waals surface area contributed by atoms with Crippen molar-refractivity contribution in [2.75, 3.05) is 32.5 Å². The van der Waals surface area contributed by atoms with Gasteiger partial charge in [-0.2, -0.15) is 0 Å². The molecule has 1 aromatic carbocycles. The molecule has 5 nitrogen and oxygen atoms in total. The van der Waals surface area contributed by atoms with Crippen molar-refractivity contribution in [1.82, 2.24) is 10.2 Å². The van der Waals surface area contributed by atoms with Gasteiger partial charge < -0.3 is 15.5 Å². The first-order valence-electron chi connectivity index (χ1n) is 6.99. The number of amides is 2. The number of nitrogens with zero attached hydrogens (tertiary/aromatic N) is 1. The lowest BCUT2D eigenvalue weighted by molar-refractivity contribution is -0.115.